The fourth-order valence-electron chi connectivity index (χ4n) is 4.63. The molecule has 7 nitrogen and oxygen atoms in total. The molecule has 0 bridgehead atoms. The highest BCUT2D eigenvalue weighted by Gasteiger charge is 2.52. The van der Waals surface area contributed by atoms with E-state index in [1.807, 2.05) is 0 Å². The van der Waals surface area contributed by atoms with Crippen molar-refractivity contribution in [2.45, 2.75) is 43.4 Å². The maximum Gasteiger partial charge on any atom is 0.416 e. The van der Waals surface area contributed by atoms with Crippen LogP contribution in [0.1, 0.15) is 46.8 Å². The molecule has 0 spiro atoms. The number of hydrogen-bond donors (Lipinski definition) is 3. The van der Waals surface area contributed by atoms with Crippen LogP contribution < -0.4 is 15.6 Å². The van der Waals surface area contributed by atoms with Crippen LogP contribution in [-0.2, 0) is 28.4 Å². The van der Waals surface area contributed by atoms with E-state index in [4.69, 9.17) is 14.6 Å². The number of nitrogens with one attached hydrogen (secondary N) is 2. The molecule has 3 aromatic carbocycles. The monoisotopic (exact) mass is 699 g/mol. The predicted molar refractivity (Wildman–Crippen MR) is 157 cm³/mol. The van der Waals surface area contributed by atoms with Gasteiger partial charge in [0.15, 0.2) is 11.6 Å². The van der Waals surface area contributed by atoms with Crippen LogP contribution in [0.15, 0.2) is 88.9 Å². The minimum Gasteiger partial charge on any atom is -0.494 e. The van der Waals surface area contributed by atoms with Crippen LogP contribution in [0.25, 0.3) is 0 Å². The summed E-state index contributed by atoms with van der Waals surface area (Å²) in [6, 6.07) is 14.8. The van der Waals surface area contributed by atoms with Crippen molar-refractivity contribution >= 4 is 27.7 Å². The van der Waals surface area contributed by atoms with E-state index in [1.54, 1.807) is 48.5 Å². The lowest BCUT2D eigenvalue weighted by Gasteiger charge is -2.29. The summed E-state index contributed by atoms with van der Waals surface area (Å²) in [5.41, 5.74) is 0.994. The van der Waals surface area contributed by atoms with Crippen molar-refractivity contribution in [3.8, 4) is 5.75 Å². The van der Waals surface area contributed by atoms with Crippen LogP contribution in [0.5, 0.6) is 5.75 Å². The summed E-state index contributed by atoms with van der Waals surface area (Å²) in [4.78, 5) is 18.5. The van der Waals surface area contributed by atoms with Gasteiger partial charge in [0.05, 0.1) is 17.7 Å². The number of halogens is 7. The van der Waals surface area contributed by atoms with Gasteiger partial charge in [-0.15, -0.1) is 6.58 Å². The molecule has 0 unspecified atom stereocenters. The summed E-state index contributed by atoms with van der Waals surface area (Å²) in [5, 5.41) is 8.95. The second-order valence-corrected chi connectivity index (χ2v) is 11.0. The summed E-state index contributed by atoms with van der Waals surface area (Å²) in [6.45, 7) is 3.49. The highest BCUT2D eigenvalue weighted by Crippen LogP contribution is 2.43. The number of hydrogen-bond acceptors (Lipinski definition) is 6. The quantitative estimate of drug-likeness (QED) is 0.0828. The van der Waals surface area contributed by atoms with Crippen LogP contribution in [0.3, 0.4) is 0 Å². The number of carbonyl (C=O) groups is 1. The molecule has 0 aliphatic carbocycles. The average Bonchev–Trinajstić information content (AvgIpc) is 3.37. The van der Waals surface area contributed by atoms with E-state index in [9.17, 15) is 31.1 Å². The van der Waals surface area contributed by atoms with Gasteiger partial charge in [0.2, 0.25) is 5.90 Å². The second-order valence-electron chi connectivity index (χ2n) is 10.1. The van der Waals surface area contributed by atoms with Crippen LogP contribution in [0.2, 0.25) is 0 Å². The number of ether oxygens (including phenoxy) is 2. The standard InChI is InChI=1S/C31H28BrF6N3O4/c1-2-12-29(28(43)41-39-18-19-15-22(30(33,34)35)17-23(16-19)31(36,37)38)26(20-4-8-24(32)9-5-20)45-27(40-29)21-6-10-25(11-7-21)44-14-3-13-42/h2,4-11,15-17,26,39,42H,1,3,12-14,18H2,(H,41,43)/t26-,29-/m0/s1. The van der Waals surface area contributed by atoms with Gasteiger partial charge < -0.3 is 14.6 Å². The van der Waals surface area contributed by atoms with E-state index in [1.165, 1.54) is 6.08 Å². The molecule has 45 heavy (non-hydrogen) atoms. The van der Waals surface area contributed by atoms with Crippen LogP contribution in [0, 0.1) is 0 Å². The van der Waals surface area contributed by atoms with Crippen molar-refractivity contribution in [1.82, 2.24) is 10.9 Å². The first-order chi connectivity index (χ1) is 21.3. The Morgan fingerprint density at radius 1 is 1.02 bits per heavy atom. The molecule has 4 rings (SSSR count). The fraction of sp³-hybridized carbons (Fsp3) is 0.290. The van der Waals surface area contributed by atoms with Gasteiger partial charge >= 0.3 is 12.4 Å². The number of aliphatic hydroxyl groups is 1. The molecule has 2 atom stereocenters. The van der Waals surface area contributed by atoms with E-state index in [2.05, 4.69) is 38.4 Å². The zero-order valence-corrected chi connectivity index (χ0v) is 25.1. The van der Waals surface area contributed by atoms with Crippen molar-refractivity contribution in [2.24, 2.45) is 4.99 Å². The van der Waals surface area contributed by atoms with Gasteiger partial charge in [-0.3, -0.25) is 10.2 Å². The van der Waals surface area contributed by atoms with Crippen LogP contribution in [-0.4, -0.2) is 35.7 Å². The summed E-state index contributed by atoms with van der Waals surface area (Å²) >= 11 is 3.37. The molecule has 0 fully saturated rings. The first-order valence-electron chi connectivity index (χ1n) is 13.6. The minimum absolute atomic E-state index is 0.0168. The van der Waals surface area contributed by atoms with Gasteiger partial charge in [-0.05, 0) is 65.7 Å². The topological polar surface area (TPSA) is 92.2 Å². The number of alkyl halides is 6. The van der Waals surface area contributed by atoms with Crippen molar-refractivity contribution < 1.29 is 45.7 Å². The Labute approximate surface area is 263 Å². The first-order valence-corrected chi connectivity index (χ1v) is 14.3. The number of carbonyl (C=O) groups excluding carboxylic acids is 1. The Balaban J connectivity index is 1.63. The molecule has 1 aliphatic heterocycles. The van der Waals surface area contributed by atoms with Crippen molar-refractivity contribution in [1.29, 1.82) is 0 Å². The molecule has 1 amide bonds. The molecule has 0 radical (unpaired) electrons. The average molecular weight is 700 g/mol. The maximum atomic E-state index is 13.8. The minimum atomic E-state index is -5.01. The molecule has 0 saturated heterocycles. The number of aliphatic hydroxyl groups excluding tert-OH is 1. The Morgan fingerprint density at radius 2 is 1.64 bits per heavy atom. The zero-order chi connectivity index (χ0) is 32.8. The van der Waals surface area contributed by atoms with Gasteiger partial charge in [-0.2, -0.15) is 26.3 Å². The van der Waals surface area contributed by atoms with E-state index >= 15 is 0 Å². The second kappa shape index (κ2) is 14.0. The summed E-state index contributed by atoms with van der Waals surface area (Å²) in [5.74, 6) is -0.0929. The Morgan fingerprint density at radius 3 is 2.20 bits per heavy atom. The van der Waals surface area contributed by atoms with Gasteiger partial charge in [-0.1, -0.05) is 34.1 Å². The van der Waals surface area contributed by atoms with Gasteiger partial charge in [0.1, 0.15) is 5.75 Å². The van der Waals surface area contributed by atoms with Crippen molar-refractivity contribution in [2.75, 3.05) is 13.2 Å². The van der Waals surface area contributed by atoms with Crippen LogP contribution in [0.4, 0.5) is 26.3 Å². The smallest absolute Gasteiger partial charge is 0.416 e. The molecule has 3 aromatic rings. The third-order valence-corrected chi connectivity index (χ3v) is 7.33. The molecular formula is C31H28BrF6N3O4. The summed E-state index contributed by atoms with van der Waals surface area (Å²) < 4.78 is 92.4. The largest absolute Gasteiger partial charge is 0.494 e. The number of amides is 1. The fourth-order valence-corrected chi connectivity index (χ4v) is 4.89. The summed E-state index contributed by atoms with van der Waals surface area (Å²) in [7, 11) is 0. The maximum absolute atomic E-state index is 13.8. The molecule has 1 aliphatic rings. The predicted octanol–water partition coefficient (Wildman–Crippen LogP) is 6.90. The lowest BCUT2D eigenvalue weighted by atomic mass is 9.84. The molecule has 0 aromatic heterocycles. The third-order valence-electron chi connectivity index (χ3n) is 6.80. The first kappa shape index (κ1) is 34.0. The molecule has 0 saturated carbocycles. The lowest BCUT2D eigenvalue weighted by Crippen LogP contribution is -2.52. The highest BCUT2D eigenvalue weighted by atomic mass is 79.9. The summed E-state index contributed by atoms with van der Waals surface area (Å²) in [6.07, 6.45) is -9.12. The van der Waals surface area contributed by atoms with Crippen molar-refractivity contribution in [3.05, 3.63) is 112 Å². The third kappa shape index (κ3) is 8.24. The van der Waals surface area contributed by atoms with Gasteiger partial charge in [0, 0.05) is 36.0 Å². The Kier molecular flexibility index (Phi) is 10.6. The van der Waals surface area contributed by atoms with E-state index in [0.717, 1.165) is 4.47 Å². The molecule has 240 valence electrons. The number of benzene rings is 3. The molecule has 1 heterocycles. The Hall–Kier alpha value is -3.88. The van der Waals surface area contributed by atoms with Crippen LogP contribution >= 0.6 is 15.9 Å². The van der Waals surface area contributed by atoms with E-state index in [-0.39, 0.29) is 30.6 Å². The van der Waals surface area contributed by atoms with Gasteiger partial charge in [0.25, 0.3) is 5.91 Å². The highest BCUT2D eigenvalue weighted by molar-refractivity contribution is 9.10. The number of nitrogens with zero attached hydrogens (tertiary/aromatic N) is 1. The van der Waals surface area contributed by atoms with E-state index < -0.39 is 47.6 Å². The van der Waals surface area contributed by atoms with Gasteiger partial charge in [-0.25, -0.2) is 10.4 Å². The molecule has 14 heteroatoms. The van der Waals surface area contributed by atoms with E-state index in [0.29, 0.717) is 42.0 Å². The normalized spacial score (nSPS) is 18.2. The zero-order valence-electron chi connectivity index (χ0n) is 23.5. The lowest BCUT2D eigenvalue weighted by molar-refractivity contribution is -0.143. The molecule has 3 N–H and O–H groups in total. The van der Waals surface area contributed by atoms with Crippen molar-refractivity contribution in [3.63, 3.8) is 0 Å². The number of aliphatic imine (C=N–C) groups is 1. The number of rotatable bonds is 12. The Bertz CT molecular complexity index is 1500. The number of hydrazine groups is 1. The molecular weight excluding hydrogens is 672 g/mol. The SMILES string of the molecule is C=CC[C@]1(C(=O)NNCc2cc(C(F)(F)F)cc(C(F)(F)F)c2)N=C(c2ccc(OCCCO)cc2)O[C@H]1c1ccc(Br)cc1.